The van der Waals surface area contributed by atoms with Crippen LogP contribution in [-0.2, 0) is 4.79 Å². The Balaban J connectivity index is 2.59. The lowest BCUT2D eigenvalue weighted by Crippen LogP contribution is -2.34. The first-order chi connectivity index (χ1) is 7.41. The molecule has 0 spiro atoms. The third kappa shape index (κ3) is 3.10. The number of amides is 1. The van der Waals surface area contributed by atoms with Crippen LogP contribution < -0.4 is 5.32 Å². The third-order valence-electron chi connectivity index (χ3n) is 2.82. The van der Waals surface area contributed by atoms with Crippen molar-refractivity contribution < 1.29 is 19.8 Å². The number of nitrogens with zero attached hydrogens (tertiary/aromatic N) is 1. The van der Waals surface area contributed by atoms with Crippen molar-refractivity contribution in [3.8, 4) is 0 Å². The van der Waals surface area contributed by atoms with Crippen LogP contribution in [-0.4, -0.2) is 52.9 Å². The standard InChI is InChI=1S/C10H18N2O4/c1-6(2)11-3-7-4-12(10(15)16)5-8(7)9(13)14/h6-8,11H,3-5H2,1-2H3,(H,13,14)(H,15,16)/t7-,8-/m1/s1. The van der Waals surface area contributed by atoms with Crippen LogP contribution in [0.3, 0.4) is 0 Å². The summed E-state index contributed by atoms with van der Waals surface area (Å²) in [4.78, 5) is 22.9. The van der Waals surface area contributed by atoms with Gasteiger partial charge in [-0.25, -0.2) is 4.79 Å². The van der Waals surface area contributed by atoms with E-state index in [2.05, 4.69) is 5.32 Å². The predicted molar refractivity (Wildman–Crippen MR) is 57.4 cm³/mol. The highest BCUT2D eigenvalue weighted by atomic mass is 16.4. The van der Waals surface area contributed by atoms with Crippen LogP contribution in [0.25, 0.3) is 0 Å². The lowest BCUT2D eigenvalue weighted by atomic mass is 9.96. The predicted octanol–water partition coefficient (Wildman–Crippen LogP) is 0.295. The maximum absolute atomic E-state index is 11.0. The summed E-state index contributed by atoms with van der Waals surface area (Å²) in [5.41, 5.74) is 0. The molecule has 1 amide bonds. The van der Waals surface area contributed by atoms with E-state index >= 15 is 0 Å². The second-order valence-electron chi connectivity index (χ2n) is 4.46. The van der Waals surface area contributed by atoms with E-state index < -0.39 is 18.0 Å². The fraction of sp³-hybridized carbons (Fsp3) is 0.800. The number of rotatable bonds is 4. The first kappa shape index (κ1) is 12.8. The first-order valence-corrected chi connectivity index (χ1v) is 5.36. The number of likely N-dealkylation sites (tertiary alicyclic amines) is 1. The van der Waals surface area contributed by atoms with Gasteiger partial charge in [-0.2, -0.15) is 0 Å². The van der Waals surface area contributed by atoms with Crippen LogP contribution in [0.1, 0.15) is 13.8 Å². The molecule has 0 radical (unpaired) electrons. The quantitative estimate of drug-likeness (QED) is 0.646. The van der Waals surface area contributed by atoms with Crippen molar-refractivity contribution in [1.82, 2.24) is 10.2 Å². The number of nitrogens with one attached hydrogen (secondary N) is 1. The minimum Gasteiger partial charge on any atom is -0.481 e. The number of carboxylic acids is 1. The average molecular weight is 230 g/mol. The van der Waals surface area contributed by atoms with E-state index in [1.165, 1.54) is 4.90 Å². The Morgan fingerprint density at radius 1 is 1.38 bits per heavy atom. The van der Waals surface area contributed by atoms with Crippen molar-refractivity contribution in [1.29, 1.82) is 0 Å². The Bertz CT molecular complexity index is 280. The fourth-order valence-electron chi connectivity index (χ4n) is 1.90. The molecule has 2 atom stereocenters. The maximum atomic E-state index is 11.0. The van der Waals surface area contributed by atoms with Crippen LogP contribution in [0, 0.1) is 11.8 Å². The zero-order valence-electron chi connectivity index (χ0n) is 9.51. The Morgan fingerprint density at radius 3 is 2.44 bits per heavy atom. The Kier molecular flexibility index (Phi) is 4.12. The molecule has 0 aromatic carbocycles. The van der Waals surface area contributed by atoms with Gasteiger partial charge >= 0.3 is 12.1 Å². The van der Waals surface area contributed by atoms with E-state index in [1.807, 2.05) is 13.8 Å². The van der Waals surface area contributed by atoms with E-state index in [0.717, 1.165) is 0 Å². The number of carbonyl (C=O) groups is 2. The largest absolute Gasteiger partial charge is 0.481 e. The highest BCUT2D eigenvalue weighted by Gasteiger charge is 2.39. The smallest absolute Gasteiger partial charge is 0.407 e. The molecule has 1 aliphatic heterocycles. The molecule has 1 aliphatic rings. The Morgan fingerprint density at radius 2 is 2.00 bits per heavy atom. The van der Waals surface area contributed by atoms with Gasteiger partial charge in [0, 0.05) is 31.6 Å². The topological polar surface area (TPSA) is 89.9 Å². The Labute approximate surface area is 94.2 Å². The highest BCUT2D eigenvalue weighted by molar-refractivity contribution is 5.73. The van der Waals surface area contributed by atoms with Crippen molar-refractivity contribution in [3.05, 3.63) is 0 Å². The lowest BCUT2D eigenvalue weighted by molar-refractivity contribution is -0.142. The molecule has 1 rings (SSSR count). The van der Waals surface area contributed by atoms with Gasteiger partial charge in [-0.1, -0.05) is 13.8 Å². The molecule has 1 saturated heterocycles. The van der Waals surface area contributed by atoms with Gasteiger partial charge in [-0.15, -0.1) is 0 Å². The van der Waals surface area contributed by atoms with Crippen molar-refractivity contribution in [3.63, 3.8) is 0 Å². The third-order valence-corrected chi connectivity index (χ3v) is 2.82. The minimum absolute atomic E-state index is 0.0924. The zero-order chi connectivity index (χ0) is 12.3. The summed E-state index contributed by atoms with van der Waals surface area (Å²) in [5.74, 6) is -1.65. The molecule has 0 aliphatic carbocycles. The van der Waals surface area contributed by atoms with Crippen LogP contribution in [0.4, 0.5) is 4.79 Å². The van der Waals surface area contributed by atoms with Gasteiger partial charge in [-0.3, -0.25) is 4.79 Å². The summed E-state index contributed by atoms with van der Waals surface area (Å²) in [7, 11) is 0. The molecule has 6 heteroatoms. The summed E-state index contributed by atoms with van der Waals surface area (Å²) < 4.78 is 0. The van der Waals surface area contributed by atoms with Gasteiger partial charge in [0.2, 0.25) is 0 Å². The van der Waals surface area contributed by atoms with Crippen molar-refractivity contribution >= 4 is 12.1 Å². The van der Waals surface area contributed by atoms with E-state index in [1.54, 1.807) is 0 Å². The first-order valence-electron chi connectivity index (χ1n) is 5.36. The summed E-state index contributed by atoms with van der Waals surface area (Å²) in [6, 6.07) is 0.272. The minimum atomic E-state index is -1.04. The van der Waals surface area contributed by atoms with Gasteiger partial charge in [0.15, 0.2) is 0 Å². The molecule has 0 unspecified atom stereocenters. The molecule has 92 valence electrons. The summed E-state index contributed by atoms with van der Waals surface area (Å²) in [5, 5.41) is 21.0. The molecule has 0 bridgehead atoms. The van der Waals surface area contributed by atoms with Gasteiger partial charge in [0.05, 0.1) is 5.92 Å². The molecule has 0 aromatic heterocycles. The summed E-state index contributed by atoms with van der Waals surface area (Å²) in [6.45, 7) is 4.87. The van der Waals surface area contributed by atoms with Gasteiger partial charge in [-0.05, 0) is 0 Å². The number of hydrogen-bond acceptors (Lipinski definition) is 3. The lowest BCUT2D eigenvalue weighted by Gasteiger charge is -2.16. The summed E-state index contributed by atoms with van der Waals surface area (Å²) in [6.07, 6.45) is -1.04. The molecule has 6 nitrogen and oxygen atoms in total. The van der Waals surface area contributed by atoms with E-state index in [4.69, 9.17) is 10.2 Å². The monoisotopic (exact) mass is 230 g/mol. The van der Waals surface area contributed by atoms with Gasteiger partial charge in [0.1, 0.15) is 0 Å². The van der Waals surface area contributed by atoms with Crippen LogP contribution in [0.5, 0.6) is 0 Å². The normalized spacial score (nSPS) is 25.1. The van der Waals surface area contributed by atoms with Gasteiger partial charge in [0.25, 0.3) is 0 Å². The molecule has 3 N–H and O–H groups in total. The van der Waals surface area contributed by atoms with Crippen LogP contribution in [0.2, 0.25) is 0 Å². The number of carboxylic acid groups (broad SMARTS) is 2. The molecule has 0 saturated carbocycles. The zero-order valence-corrected chi connectivity index (χ0v) is 9.51. The van der Waals surface area contributed by atoms with Crippen LogP contribution in [0.15, 0.2) is 0 Å². The SMILES string of the molecule is CC(C)NC[C@@H]1CN(C(=O)O)C[C@H]1C(=O)O. The second-order valence-corrected chi connectivity index (χ2v) is 4.46. The molecular formula is C10H18N2O4. The Hall–Kier alpha value is -1.30. The van der Waals surface area contributed by atoms with E-state index in [9.17, 15) is 9.59 Å². The molecule has 16 heavy (non-hydrogen) atoms. The molecule has 1 heterocycles. The fourth-order valence-corrected chi connectivity index (χ4v) is 1.90. The maximum Gasteiger partial charge on any atom is 0.407 e. The highest BCUT2D eigenvalue weighted by Crippen LogP contribution is 2.23. The van der Waals surface area contributed by atoms with Gasteiger partial charge < -0.3 is 20.4 Å². The number of aliphatic carboxylic acids is 1. The average Bonchev–Trinajstić information content (AvgIpc) is 2.58. The van der Waals surface area contributed by atoms with Crippen molar-refractivity contribution in [2.45, 2.75) is 19.9 Å². The summed E-state index contributed by atoms with van der Waals surface area (Å²) >= 11 is 0. The molecule has 1 fully saturated rings. The van der Waals surface area contributed by atoms with Crippen molar-refractivity contribution in [2.75, 3.05) is 19.6 Å². The van der Waals surface area contributed by atoms with E-state index in [-0.39, 0.29) is 18.5 Å². The van der Waals surface area contributed by atoms with Crippen molar-refractivity contribution in [2.24, 2.45) is 11.8 Å². The molecule has 0 aromatic rings. The molecular weight excluding hydrogens is 212 g/mol. The van der Waals surface area contributed by atoms with Crippen LogP contribution >= 0.6 is 0 Å². The second kappa shape index (κ2) is 5.16. The van der Waals surface area contributed by atoms with E-state index in [0.29, 0.717) is 13.1 Å². The number of hydrogen-bond donors (Lipinski definition) is 3.